The molecule has 212 valence electrons. The Hall–Kier alpha value is -3.83. The van der Waals surface area contributed by atoms with Crippen molar-refractivity contribution < 1.29 is 23.8 Å². The van der Waals surface area contributed by atoms with E-state index in [1.54, 1.807) is 11.0 Å². The number of nitrogens with zero attached hydrogens (tertiary/aromatic N) is 5. The average Bonchev–Trinajstić information content (AvgIpc) is 3.37. The molecule has 2 amide bonds. The minimum Gasteiger partial charge on any atom is -0.486 e. The summed E-state index contributed by atoms with van der Waals surface area (Å²) in [6.07, 6.45) is 4.98. The van der Waals surface area contributed by atoms with Crippen molar-refractivity contribution in [1.82, 2.24) is 30.1 Å². The summed E-state index contributed by atoms with van der Waals surface area (Å²) < 4.78 is 11.2. The number of amides is 2. The number of piperidine rings is 1. The van der Waals surface area contributed by atoms with E-state index < -0.39 is 6.10 Å². The van der Waals surface area contributed by atoms with Crippen LogP contribution in [-0.4, -0.2) is 81.0 Å². The van der Waals surface area contributed by atoms with Crippen molar-refractivity contribution in [3.05, 3.63) is 71.0 Å². The Labute approximate surface area is 233 Å². The summed E-state index contributed by atoms with van der Waals surface area (Å²) in [7, 11) is 1.82. The fourth-order valence-electron chi connectivity index (χ4n) is 5.22. The van der Waals surface area contributed by atoms with Gasteiger partial charge in [0.25, 0.3) is 5.91 Å². The van der Waals surface area contributed by atoms with Crippen molar-refractivity contribution in [2.75, 3.05) is 33.2 Å². The quantitative estimate of drug-likeness (QED) is 0.390. The summed E-state index contributed by atoms with van der Waals surface area (Å²) in [6, 6.07) is 7.75. The Balaban J connectivity index is 1.07. The maximum absolute atomic E-state index is 12.7. The summed E-state index contributed by atoms with van der Waals surface area (Å²) in [5.41, 5.74) is 4.27. The maximum Gasteiger partial charge on any atom is 0.270 e. The van der Waals surface area contributed by atoms with Crippen LogP contribution in [0.1, 0.15) is 51.6 Å². The first-order valence-corrected chi connectivity index (χ1v) is 13.7. The summed E-state index contributed by atoms with van der Waals surface area (Å²) in [5.74, 6) is 1.52. The van der Waals surface area contributed by atoms with Gasteiger partial charge in [-0.15, -0.1) is 0 Å². The van der Waals surface area contributed by atoms with Crippen LogP contribution >= 0.6 is 0 Å². The number of aliphatic hydroxyl groups is 1. The third-order valence-electron chi connectivity index (χ3n) is 7.67. The minimum atomic E-state index is -0.718. The molecule has 0 bridgehead atoms. The van der Waals surface area contributed by atoms with Gasteiger partial charge in [0.15, 0.2) is 12.2 Å². The molecule has 11 nitrogen and oxygen atoms in total. The Morgan fingerprint density at radius 2 is 2.10 bits per heavy atom. The van der Waals surface area contributed by atoms with E-state index in [1.165, 1.54) is 23.8 Å². The number of carbonyl (C=O) groups excluding carboxylic acids is 2. The average molecular weight is 549 g/mol. The number of β-amino-alcohol motifs (C(OH)–C–C–N with tert-alkyl or cyclic N) is 1. The maximum atomic E-state index is 12.7. The molecule has 1 fully saturated rings. The van der Waals surface area contributed by atoms with Crippen LogP contribution in [-0.2, 0) is 30.8 Å². The fraction of sp³-hybridized carbons (Fsp3) is 0.483. The van der Waals surface area contributed by atoms with Gasteiger partial charge in [0.05, 0.1) is 11.8 Å². The number of nitrogens with one attached hydrogen (secondary N) is 1. The van der Waals surface area contributed by atoms with Crippen molar-refractivity contribution in [3.63, 3.8) is 0 Å². The number of aryl methyl sites for hydroxylation is 1. The van der Waals surface area contributed by atoms with Crippen LogP contribution in [0.2, 0.25) is 0 Å². The summed E-state index contributed by atoms with van der Waals surface area (Å²) >= 11 is 0. The number of hydrogen-bond donors (Lipinski definition) is 2. The number of aromatic nitrogens is 3. The van der Waals surface area contributed by atoms with Gasteiger partial charge in [-0.05, 0) is 61.4 Å². The zero-order valence-corrected chi connectivity index (χ0v) is 23.0. The minimum absolute atomic E-state index is 0.124. The highest BCUT2D eigenvalue weighted by Crippen LogP contribution is 2.25. The number of ether oxygens (including phenoxy) is 1. The van der Waals surface area contributed by atoms with Gasteiger partial charge in [0, 0.05) is 51.9 Å². The van der Waals surface area contributed by atoms with Gasteiger partial charge in [-0.3, -0.25) is 14.5 Å². The number of likely N-dealkylation sites (tertiary alicyclic amines) is 1. The lowest BCUT2D eigenvalue weighted by Crippen LogP contribution is -2.42. The van der Waals surface area contributed by atoms with Gasteiger partial charge in [-0.1, -0.05) is 6.07 Å². The molecule has 1 saturated heterocycles. The smallest absolute Gasteiger partial charge is 0.270 e. The van der Waals surface area contributed by atoms with E-state index in [-0.39, 0.29) is 30.0 Å². The third-order valence-corrected chi connectivity index (χ3v) is 7.67. The lowest BCUT2D eigenvalue weighted by atomic mass is 9.91. The van der Waals surface area contributed by atoms with Crippen LogP contribution < -0.4 is 10.1 Å². The SMILES string of the molecule is Cc1ncoc1COc1ccc2c(c1)CCN(C[C@@H](O)CNC(=O)c1cc(CC3CCN(C)C(=O)C3)ncn1)C2. The highest BCUT2D eigenvalue weighted by atomic mass is 16.5. The summed E-state index contributed by atoms with van der Waals surface area (Å²) in [5, 5.41) is 13.4. The van der Waals surface area contributed by atoms with E-state index in [4.69, 9.17) is 9.15 Å². The first kappa shape index (κ1) is 27.7. The molecule has 2 aromatic heterocycles. The predicted molar refractivity (Wildman–Crippen MR) is 145 cm³/mol. The monoisotopic (exact) mass is 548 g/mol. The first-order chi connectivity index (χ1) is 19.3. The van der Waals surface area contributed by atoms with E-state index in [1.807, 2.05) is 20.0 Å². The molecule has 2 atom stereocenters. The lowest BCUT2D eigenvalue weighted by molar-refractivity contribution is -0.133. The number of fused-ring (bicyclic) bond motifs is 1. The van der Waals surface area contributed by atoms with Crippen molar-refractivity contribution >= 4 is 11.8 Å². The summed E-state index contributed by atoms with van der Waals surface area (Å²) in [4.78, 5) is 41.1. The molecular weight excluding hydrogens is 512 g/mol. The van der Waals surface area contributed by atoms with Gasteiger partial charge in [-0.25, -0.2) is 15.0 Å². The number of benzene rings is 1. The van der Waals surface area contributed by atoms with Gasteiger partial charge >= 0.3 is 0 Å². The second kappa shape index (κ2) is 12.6. The van der Waals surface area contributed by atoms with Crippen LogP contribution in [0.15, 0.2) is 41.4 Å². The van der Waals surface area contributed by atoms with E-state index in [0.717, 1.165) is 55.4 Å². The molecule has 0 radical (unpaired) electrons. The van der Waals surface area contributed by atoms with E-state index >= 15 is 0 Å². The van der Waals surface area contributed by atoms with E-state index in [0.29, 0.717) is 26.0 Å². The second-order valence-electron chi connectivity index (χ2n) is 10.7. The largest absolute Gasteiger partial charge is 0.486 e. The third kappa shape index (κ3) is 7.02. The molecule has 1 unspecified atom stereocenters. The normalized spacial score (nSPS) is 18.3. The zero-order valence-electron chi connectivity index (χ0n) is 23.0. The highest BCUT2D eigenvalue weighted by Gasteiger charge is 2.24. The lowest BCUT2D eigenvalue weighted by Gasteiger charge is -2.30. The molecule has 0 spiro atoms. The summed E-state index contributed by atoms with van der Waals surface area (Å²) in [6.45, 7) is 5.05. The zero-order chi connectivity index (χ0) is 28.1. The second-order valence-corrected chi connectivity index (χ2v) is 10.7. The van der Waals surface area contributed by atoms with E-state index in [2.05, 4.69) is 37.3 Å². The topological polar surface area (TPSA) is 134 Å². The Bertz CT molecular complexity index is 1340. The highest BCUT2D eigenvalue weighted by molar-refractivity contribution is 5.92. The van der Waals surface area contributed by atoms with Gasteiger partial charge < -0.3 is 24.5 Å². The molecule has 11 heteroatoms. The Morgan fingerprint density at radius 3 is 2.90 bits per heavy atom. The molecule has 2 aliphatic rings. The number of carbonyl (C=O) groups is 2. The van der Waals surface area contributed by atoms with Gasteiger partial charge in [0.2, 0.25) is 5.91 Å². The molecule has 4 heterocycles. The van der Waals surface area contributed by atoms with Crippen LogP contribution in [0.3, 0.4) is 0 Å². The van der Waals surface area contributed by atoms with Crippen molar-refractivity contribution in [1.29, 1.82) is 0 Å². The Kier molecular flexibility index (Phi) is 8.71. The van der Waals surface area contributed by atoms with Crippen LogP contribution in [0.4, 0.5) is 0 Å². The van der Waals surface area contributed by atoms with Crippen LogP contribution in [0.5, 0.6) is 5.75 Å². The van der Waals surface area contributed by atoms with Gasteiger partial charge in [-0.2, -0.15) is 0 Å². The molecule has 40 heavy (non-hydrogen) atoms. The standard InChI is InChI=1S/C29H36N6O5/c1-19-27(40-18-33-19)16-39-25-4-3-22-14-35(8-6-21(22)11-25)15-24(36)13-30-29(38)26-12-23(31-17-32-26)9-20-5-7-34(2)28(37)10-20/h3-4,11-12,17-18,20,24,36H,5-10,13-16H2,1-2H3,(H,30,38)/t20?,24-/m0/s1. The van der Waals surface area contributed by atoms with Crippen LogP contribution in [0.25, 0.3) is 0 Å². The molecule has 0 saturated carbocycles. The number of oxazole rings is 1. The number of aliphatic hydroxyl groups excluding tert-OH is 1. The van der Waals surface area contributed by atoms with Crippen molar-refractivity contribution in [2.24, 2.45) is 5.92 Å². The molecule has 5 rings (SSSR count). The molecular formula is C29H36N6O5. The molecule has 3 aromatic rings. The predicted octanol–water partition coefficient (Wildman–Crippen LogP) is 1.91. The fourth-order valence-corrected chi connectivity index (χ4v) is 5.22. The van der Waals surface area contributed by atoms with Crippen molar-refractivity contribution in [3.8, 4) is 5.75 Å². The molecule has 2 N–H and O–H groups in total. The first-order valence-electron chi connectivity index (χ1n) is 13.7. The molecule has 0 aliphatic carbocycles. The number of hydrogen-bond acceptors (Lipinski definition) is 9. The molecule has 2 aliphatic heterocycles. The van der Waals surface area contributed by atoms with E-state index in [9.17, 15) is 14.7 Å². The van der Waals surface area contributed by atoms with Crippen molar-refractivity contribution in [2.45, 2.75) is 51.9 Å². The van der Waals surface area contributed by atoms with Gasteiger partial charge in [0.1, 0.15) is 24.4 Å². The Morgan fingerprint density at radius 1 is 1.23 bits per heavy atom. The molecule has 1 aromatic carbocycles. The van der Waals surface area contributed by atoms with Crippen LogP contribution in [0, 0.1) is 12.8 Å². The number of rotatable bonds is 10.